The zero-order chi connectivity index (χ0) is 12.5. The second-order valence-corrected chi connectivity index (χ2v) is 5.09. The third-order valence-corrected chi connectivity index (χ3v) is 4.04. The van der Waals surface area contributed by atoms with E-state index in [2.05, 4.69) is 25.1 Å². The molecule has 0 N–H and O–H groups in total. The monoisotopic (exact) mass is 240 g/mol. The third-order valence-electron chi connectivity index (χ3n) is 4.04. The second kappa shape index (κ2) is 4.56. The summed E-state index contributed by atoms with van der Waals surface area (Å²) in [4.78, 5) is 0. The Morgan fingerprint density at radius 2 is 1.11 bits per heavy atom. The van der Waals surface area contributed by atoms with E-state index in [-0.39, 0.29) is 5.82 Å². The lowest BCUT2D eigenvalue weighted by Gasteiger charge is -2.15. The third kappa shape index (κ3) is 1.94. The van der Waals surface area contributed by atoms with Crippen LogP contribution < -0.4 is 0 Å². The molecule has 4 bridgehead atoms. The average molecular weight is 240 g/mol. The van der Waals surface area contributed by atoms with Crippen LogP contribution in [0, 0.1) is 12.7 Å². The average Bonchev–Trinajstić information content (AvgIpc) is 2.38. The molecule has 0 amide bonds. The molecule has 1 aliphatic rings. The Kier molecular flexibility index (Phi) is 2.91. The number of rotatable bonds is 0. The maximum absolute atomic E-state index is 14.2. The van der Waals surface area contributed by atoms with Crippen LogP contribution in [-0.4, -0.2) is 0 Å². The van der Waals surface area contributed by atoms with E-state index in [4.69, 9.17) is 0 Å². The van der Waals surface area contributed by atoms with Crippen molar-refractivity contribution in [3.8, 4) is 0 Å². The first-order chi connectivity index (χ1) is 8.75. The molecule has 0 spiro atoms. The fraction of sp³-hybridized carbons (Fsp3) is 0.294. The van der Waals surface area contributed by atoms with Crippen LogP contribution in [0.1, 0.15) is 27.8 Å². The summed E-state index contributed by atoms with van der Waals surface area (Å²) in [5.41, 5.74) is 5.83. The van der Waals surface area contributed by atoms with Crippen molar-refractivity contribution in [2.45, 2.75) is 32.6 Å². The van der Waals surface area contributed by atoms with Gasteiger partial charge in [0, 0.05) is 0 Å². The number of fused-ring (bicyclic) bond motifs is 4. The minimum Gasteiger partial charge on any atom is -0.206 e. The maximum Gasteiger partial charge on any atom is 0.129 e. The van der Waals surface area contributed by atoms with Gasteiger partial charge in [0.1, 0.15) is 5.82 Å². The number of hydrogen-bond donors (Lipinski definition) is 0. The van der Waals surface area contributed by atoms with Gasteiger partial charge >= 0.3 is 0 Å². The van der Waals surface area contributed by atoms with Gasteiger partial charge in [-0.15, -0.1) is 0 Å². The molecule has 18 heavy (non-hydrogen) atoms. The zero-order valence-corrected chi connectivity index (χ0v) is 10.7. The van der Waals surface area contributed by atoms with Gasteiger partial charge in [0.2, 0.25) is 0 Å². The molecule has 0 aliphatic heterocycles. The van der Waals surface area contributed by atoms with Gasteiger partial charge in [0.25, 0.3) is 0 Å². The lowest BCUT2D eigenvalue weighted by atomic mass is 9.91. The van der Waals surface area contributed by atoms with Crippen LogP contribution in [0.15, 0.2) is 36.4 Å². The number of halogens is 1. The van der Waals surface area contributed by atoms with Gasteiger partial charge in [-0.3, -0.25) is 0 Å². The molecule has 92 valence electrons. The Hall–Kier alpha value is -1.63. The topological polar surface area (TPSA) is 0 Å². The van der Waals surface area contributed by atoms with Gasteiger partial charge in [-0.05, 0) is 60.4 Å². The predicted molar refractivity (Wildman–Crippen MR) is 72.4 cm³/mol. The molecule has 0 atom stereocenters. The van der Waals surface area contributed by atoms with Crippen LogP contribution in [0.3, 0.4) is 0 Å². The van der Waals surface area contributed by atoms with Crippen LogP contribution in [0.4, 0.5) is 4.39 Å². The van der Waals surface area contributed by atoms with Crippen molar-refractivity contribution < 1.29 is 4.39 Å². The number of aryl methyl sites for hydroxylation is 4. The van der Waals surface area contributed by atoms with Crippen molar-refractivity contribution in [1.29, 1.82) is 0 Å². The molecule has 0 nitrogen and oxygen atoms in total. The molecule has 1 heteroatoms. The molecule has 3 rings (SSSR count). The van der Waals surface area contributed by atoms with Crippen LogP contribution >= 0.6 is 0 Å². The van der Waals surface area contributed by atoms with E-state index in [1.807, 2.05) is 18.2 Å². The Labute approximate surface area is 107 Å². The number of hydrogen-bond acceptors (Lipinski definition) is 0. The highest BCUT2D eigenvalue weighted by Crippen LogP contribution is 2.23. The van der Waals surface area contributed by atoms with Crippen molar-refractivity contribution in [3.63, 3.8) is 0 Å². The van der Waals surface area contributed by atoms with Gasteiger partial charge in [-0.2, -0.15) is 0 Å². The molecule has 1 aliphatic carbocycles. The second-order valence-electron chi connectivity index (χ2n) is 5.09. The molecule has 0 saturated carbocycles. The standard InChI is InChI=1S/C17H17F/c1-12-13-4-2-5-14(12)9-11-16-7-3-6-15(10-8-13)17(16)18/h2-7H,8-11H2,1H3. The summed E-state index contributed by atoms with van der Waals surface area (Å²) in [6.45, 7) is 2.19. The summed E-state index contributed by atoms with van der Waals surface area (Å²) >= 11 is 0. The molecule has 2 aromatic carbocycles. The highest BCUT2D eigenvalue weighted by molar-refractivity contribution is 5.37. The molecule has 0 fully saturated rings. The van der Waals surface area contributed by atoms with E-state index in [9.17, 15) is 4.39 Å². The maximum atomic E-state index is 14.2. The van der Waals surface area contributed by atoms with Crippen LogP contribution in [0.2, 0.25) is 0 Å². The van der Waals surface area contributed by atoms with Gasteiger partial charge in [-0.1, -0.05) is 36.4 Å². The largest absolute Gasteiger partial charge is 0.206 e. The smallest absolute Gasteiger partial charge is 0.129 e. The highest BCUT2D eigenvalue weighted by atomic mass is 19.1. The Bertz CT molecular complexity index is 486. The van der Waals surface area contributed by atoms with E-state index in [1.54, 1.807) is 0 Å². The normalized spacial score (nSPS) is 14.3. The van der Waals surface area contributed by atoms with Gasteiger partial charge in [0.15, 0.2) is 0 Å². The van der Waals surface area contributed by atoms with Crippen LogP contribution in [-0.2, 0) is 25.7 Å². The quantitative estimate of drug-likeness (QED) is 0.652. The van der Waals surface area contributed by atoms with Crippen LogP contribution in [0.5, 0.6) is 0 Å². The van der Waals surface area contributed by atoms with Crippen molar-refractivity contribution in [2.24, 2.45) is 0 Å². The molecule has 0 heterocycles. The van der Waals surface area contributed by atoms with E-state index in [1.165, 1.54) is 16.7 Å². The fourth-order valence-electron chi connectivity index (χ4n) is 2.84. The fourth-order valence-corrected chi connectivity index (χ4v) is 2.84. The summed E-state index contributed by atoms with van der Waals surface area (Å²) in [6.07, 6.45) is 3.45. The molecule has 0 saturated heterocycles. The van der Waals surface area contributed by atoms with Crippen molar-refractivity contribution in [2.75, 3.05) is 0 Å². The summed E-state index contributed by atoms with van der Waals surface area (Å²) in [7, 11) is 0. The minimum absolute atomic E-state index is 0.0142. The summed E-state index contributed by atoms with van der Waals surface area (Å²) < 4.78 is 14.2. The molecule has 0 radical (unpaired) electrons. The first-order valence-corrected chi connectivity index (χ1v) is 6.59. The molecule has 2 aromatic rings. The van der Waals surface area contributed by atoms with E-state index >= 15 is 0 Å². The SMILES string of the molecule is Cc1c2cccc1CCc1cccc(c1F)CC2. The van der Waals surface area contributed by atoms with Crippen LogP contribution in [0.25, 0.3) is 0 Å². The molecular weight excluding hydrogens is 223 g/mol. The minimum atomic E-state index is 0.0142. The van der Waals surface area contributed by atoms with Crippen molar-refractivity contribution >= 4 is 0 Å². The number of benzene rings is 2. The van der Waals surface area contributed by atoms with E-state index in [0.717, 1.165) is 36.8 Å². The lowest BCUT2D eigenvalue weighted by Crippen LogP contribution is -2.06. The lowest BCUT2D eigenvalue weighted by molar-refractivity contribution is 0.589. The van der Waals surface area contributed by atoms with Gasteiger partial charge in [0.05, 0.1) is 0 Å². The molecule has 0 aromatic heterocycles. The van der Waals surface area contributed by atoms with Gasteiger partial charge in [-0.25, -0.2) is 4.39 Å². The van der Waals surface area contributed by atoms with E-state index < -0.39 is 0 Å². The molecule has 0 unspecified atom stereocenters. The Balaban J connectivity index is 2.07. The summed E-state index contributed by atoms with van der Waals surface area (Å²) in [6, 6.07) is 12.3. The summed E-state index contributed by atoms with van der Waals surface area (Å²) in [5.74, 6) is 0.0142. The summed E-state index contributed by atoms with van der Waals surface area (Å²) in [5, 5.41) is 0. The zero-order valence-electron chi connectivity index (χ0n) is 10.7. The van der Waals surface area contributed by atoms with Crippen molar-refractivity contribution in [1.82, 2.24) is 0 Å². The first kappa shape index (κ1) is 11.5. The highest BCUT2D eigenvalue weighted by Gasteiger charge is 2.12. The van der Waals surface area contributed by atoms with Crippen molar-refractivity contribution in [3.05, 3.63) is 70.0 Å². The Morgan fingerprint density at radius 1 is 0.722 bits per heavy atom. The first-order valence-electron chi connectivity index (χ1n) is 6.59. The Morgan fingerprint density at radius 3 is 1.61 bits per heavy atom. The predicted octanol–water partition coefficient (Wildman–Crippen LogP) is 4.02. The molecular formula is C17H17F. The van der Waals surface area contributed by atoms with Gasteiger partial charge < -0.3 is 0 Å². The van der Waals surface area contributed by atoms with E-state index in [0.29, 0.717) is 0 Å².